The Kier molecular flexibility index (Phi) is 6.46. The molecule has 2 aromatic heterocycles. The number of hydrogen-bond acceptors (Lipinski definition) is 7. The molecule has 1 amide bonds. The number of amides is 1. The van der Waals surface area contributed by atoms with Crippen LogP contribution in [-0.4, -0.2) is 52.4 Å². The predicted octanol–water partition coefficient (Wildman–Crippen LogP) is 2.47. The second kappa shape index (κ2) is 9.79. The summed E-state index contributed by atoms with van der Waals surface area (Å²) < 4.78 is 5.01. The van der Waals surface area contributed by atoms with Gasteiger partial charge in [-0.2, -0.15) is 5.10 Å². The van der Waals surface area contributed by atoms with Crippen LogP contribution in [0.1, 0.15) is 10.4 Å². The molecule has 5 N–H and O–H groups in total. The Bertz CT molecular complexity index is 1160. The van der Waals surface area contributed by atoms with Crippen molar-refractivity contribution < 1.29 is 9.53 Å². The average Bonchev–Trinajstić information content (AvgIpc) is 3.29. The summed E-state index contributed by atoms with van der Waals surface area (Å²) in [6.45, 7) is 3.83. The molecule has 0 spiro atoms. The highest BCUT2D eigenvalue weighted by atomic mass is 16.5. The molecule has 0 unspecified atom stereocenters. The standard InChI is InChI=1S/C18H14N6O.C4H9NO/c19-17(25)11-2-1-3-12(8-11)18-20-7-6-16(23-18)22-14-4-5-15-13(9-14)10-21-24-15;1-3-6-4-2-5-1/h1-10H,(H2,19,25)(H,21,24)(H,20,22,23);5H,1-4H2. The van der Waals surface area contributed by atoms with Gasteiger partial charge in [-0.05, 0) is 36.4 Å². The highest BCUT2D eigenvalue weighted by Crippen LogP contribution is 2.22. The number of ether oxygens (including phenoxy) is 1. The fourth-order valence-electron chi connectivity index (χ4n) is 3.06. The van der Waals surface area contributed by atoms with Gasteiger partial charge >= 0.3 is 0 Å². The topological polar surface area (TPSA) is 131 Å². The number of primary amides is 1. The molecule has 0 bridgehead atoms. The van der Waals surface area contributed by atoms with Crippen LogP contribution in [0.3, 0.4) is 0 Å². The monoisotopic (exact) mass is 417 g/mol. The van der Waals surface area contributed by atoms with Crippen molar-refractivity contribution in [3.8, 4) is 11.4 Å². The normalized spacial score (nSPS) is 13.3. The number of aromatic nitrogens is 4. The second-order valence-electron chi connectivity index (χ2n) is 6.87. The third-order valence-corrected chi connectivity index (χ3v) is 4.62. The molecular formula is C22H23N7O2. The van der Waals surface area contributed by atoms with E-state index in [1.807, 2.05) is 24.3 Å². The molecule has 0 saturated carbocycles. The zero-order valence-corrected chi connectivity index (χ0v) is 16.8. The number of fused-ring (bicyclic) bond motifs is 1. The number of nitrogens with one attached hydrogen (secondary N) is 3. The van der Waals surface area contributed by atoms with Gasteiger partial charge in [0.1, 0.15) is 5.82 Å². The van der Waals surface area contributed by atoms with Crippen LogP contribution in [-0.2, 0) is 4.74 Å². The van der Waals surface area contributed by atoms with Gasteiger partial charge in [0, 0.05) is 41.5 Å². The van der Waals surface area contributed by atoms with E-state index in [1.165, 1.54) is 0 Å². The van der Waals surface area contributed by atoms with E-state index in [0.29, 0.717) is 17.2 Å². The second-order valence-corrected chi connectivity index (χ2v) is 6.87. The van der Waals surface area contributed by atoms with Crippen LogP contribution in [0.15, 0.2) is 60.9 Å². The first kappa shape index (κ1) is 20.5. The molecule has 4 aromatic rings. The fraction of sp³-hybridized carbons (Fsp3) is 0.182. The molecule has 5 rings (SSSR count). The molecule has 0 atom stereocenters. The fourth-order valence-corrected chi connectivity index (χ4v) is 3.06. The summed E-state index contributed by atoms with van der Waals surface area (Å²) in [4.78, 5) is 20.1. The number of carbonyl (C=O) groups excluding carboxylic acids is 1. The molecule has 31 heavy (non-hydrogen) atoms. The molecule has 1 saturated heterocycles. The third kappa shape index (κ3) is 5.41. The van der Waals surface area contributed by atoms with Gasteiger partial charge < -0.3 is 21.1 Å². The highest BCUT2D eigenvalue weighted by molar-refractivity contribution is 5.93. The number of carbonyl (C=O) groups is 1. The number of aromatic amines is 1. The summed E-state index contributed by atoms with van der Waals surface area (Å²) in [6, 6.07) is 14.6. The number of rotatable bonds is 4. The smallest absolute Gasteiger partial charge is 0.248 e. The number of H-pyrrole nitrogens is 1. The van der Waals surface area contributed by atoms with E-state index in [1.54, 1.807) is 36.7 Å². The molecule has 9 heteroatoms. The molecule has 158 valence electrons. The van der Waals surface area contributed by atoms with Crippen molar-refractivity contribution in [3.05, 3.63) is 66.5 Å². The average molecular weight is 417 g/mol. The summed E-state index contributed by atoms with van der Waals surface area (Å²) in [7, 11) is 0. The van der Waals surface area contributed by atoms with Gasteiger partial charge in [0.2, 0.25) is 5.91 Å². The number of nitrogens with zero attached hydrogens (tertiary/aromatic N) is 3. The van der Waals surface area contributed by atoms with Crippen molar-refractivity contribution >= 4 is 28.3 Å². The van der Waals surface area contributed by atoms with Crippen molar-refractivity contribution in [2.45, 2.75) is 0 Å². The zero-order valence-electron chi connectivity index (χ0n) is 16.8. The first-order valence-corrected chi connectivity index (χ1v) is 9.91. The Balaban J connectivity index is 0.000000334. The maximum absolute atomic E-state index is 11.3. The summed E-state index contributed by atoms with van der Waals surface area (Å²) in [5.74, 6) is 0.680. The molecule has 1 aliphatic rings. The molecule has 0 radical (unpaired) electrons. The van der Waals surface area contributed by atoms with Crippen molar-refractivity contribution in [1.82, 2.24) is 25.5 Å². The van der Waals surface area contributed by atoms with Gasteiger partial charge in [0.15, 0.2) is 5.82 Å². The van der Waals surface area contributed by atoms with Crippen LogP contribution in [0.4, 0.5) is 11.5 Å². The maximum atomic E-state index is 11.3. The molecule has 0 aliphatic carbocycles. The minimum atomic E-state index is -0.482. The minimum Gasteiger partial charge on any atom is -0.379 e. The number of morpholine rings is 1. The van der Waals surface area contributed by atoms with Crippen LogP contribution < -0.4 is 16.4 Å². The van der Waals surface area contributed by atoms with E-state index in [-0.39, 0.29) is 0 Å². The third-order valence-electron chi connectivity index (χ3n) is 4.62. The summed E-state index contributed by atoms with van der Waals surface area (Å²) in [5, 5.41) is 14.3. The van der Waals surface area contributed by atoms with Gasteiger partial charge in [-0.3, -0.25) is 9.89 Å². The lowest BCUT2D eigenvalue weighted by Gasteiger charge is -2.10. The Morgan fingerprint density at radius 1 is 1.10 bits per heavy atom. The number of benzene rings is 2. The van der Waals surface area contributed by atoms with Crippen LogP contribution in [0.5, 0.6) is 0 Å². The molecule has 1 fully saturated rings. The number of nitrogens with two attached hydrogens (primary N) is 1. The Morgan fingerprint density at radius 2 is 1.97 bits per heavy atom. The first-order chi connectivity index (χ1) is 15.2. The summed E-state index contributed by atoms with van der Waals surface area (Å²) >= 11 is 0. The maximum Gasteiger partial charge on any atom is 0.248 e. The highest BCUT2D eigenvalue weighted by Gasteiger charge is 2.07. The molecule has 2 aromatic carbocycles. The van der Waals surface area contributed by atoms with E-state index in [9.17, 15) is 4.79 Å². The lowest BCUT2D eigenvalue weighted by Crippen LogP contribution is -2.30. The van der Waals surface area contributed by atoms with Crippen LogP contribution in [0.25, 0.3) is 22.3 Å². The largest absolute Gasteiger partial charge is 0.379 e. The minimum absolute atomic E-state index is 0.421. The molecule has 1 aliphatic heterocycles. The zero-order chi connectivity index (χ0) is 21.5. The van der Waals surface area contributed by atoms with Crippen LogP contribution in [0.2, 0.25) is 0 Å². The quantitative estimate of drug-likeness (QED) is 0.401. The lowest BCUT2D eigenvalue weighted by molar-refractivity contribution is 0.100. The van der Waals surface area contributed by atoms with Crippen molar-refractivity contribution in [3.63, 3.8) is 0 Å². The molecular weight excluding hydrogens is 394 g/mol. The van der Waals surface area contributed by atoms with Gasteiger partial charge in [-0.1, -0.05) is 12.1 Å². The SMILES string of the molecule is C1COCCN1.NC(=O)c1cccc(-c2nccc(Nc3ccc4[nH]ncc4c3)n2)c1. The van der Waals surface area contributed by atoms with E-state index < -0.39 is 5.91 Å². The molecule has 3 heterocycles. The summed E-state index contributed by atoms with van der Waals surface area (Å²) in [6.07, 6.45) is 3.43. The van der Waals surface area contributed by atoms with Gasteiger partial charge in [-0.25, -0.2) is 9.97 Å². The number of anilines is 2. The summed E-state index contributed by atoms with van der Waals surface area (Å²) in [5.41, 5.74) is 8.34. The Hall–Kier alpha value is -3.82. The van der Waals surface area contributed by atoms with Gasteiger partial charge in [-0.15, -0.1) is 0 Å². The number of hydrogen-bond donors (Lipinski definition) is 4. The van der Waals surface area contributed by atoms with Gasteiger partial charge in [0.25, 0.3) is 0 Å². The Morgan fingerprint density at radius 3 is 2.71 bits per heavy atom. The van der Waals surface area contributed by atoms with E-state index in [0.717, 1.165) is 48.5 Å². The first-order valence-electron chi connectivity index (χ1n) is 9.91. The lowest BCUT2D eigenvalue weighted by atomic mass is 10.1. The Labute approximate surface area is 179 Å². The predicted molar refractivity (Wildman–Crippen MR) is 119 cm³/mol. The van der Waals surface area contributed by atoms with E-state index in [4.69, 9.17) is 10.5 Å². The van der Waals surface area contributed by atoms with Crippen LogP contribution >= 0.6 is 0 Å². The van der Waals surface area contributed by atoms with E-state index >= 15 is 0 Å². The van der Waals surface area contributed by atoms with Gasteiger partial charge in [0.05, 0.1) is 24.9 Å². The van der Waals surface area contributed by atoms with E-state index in [2.05, 4.69) is 30.8 Å². The van der Waals surface area contributed by atoms with Crippen molar-refractivity contribution in [2.24, 2.45) is 5.73 Å². The van der Waals surface area contributed by atoms with Crippen molar-refractivity contribution in [2.75, 3.05) is 31.6 Å². The molecule has 9 nitrogen and oxygen atoms in total. The van der Waals surface area contributed by atoms with Crippen LogP contribution in [0, 0.1) is 0 Å². The van der Waals surface area contributed by atoms with Crippen molar-refractivity contribution in [1.29, 1.82) is 0 Å².